The van der Waals surface area contributed by atoms with E-state index in [4.69, 9.17) is 16.3 Å². The number of benzene rings is 2. The van der Waals surface area contributed by atoms with Crippen molar-refractivity contribution in [1.29, 1.82) is 0 Å². The van der Waals surface area contributed by atoms with Gasteiger partial charge in [-0.25, -0.2) is 14.2 Å². The van der Waals surface area contributed by atoms with E-state index in [9.17, 15) is 19.8 Å². The zero-order chi connectivity index (χ0) is 24.8. The summed E-state index contributed by atoms with van der Waals surface area (Å²) in [6, 6.07) is 15.4. The van der Waals surface area contributed by atoms with E-state index in [2.05, 4.69) is 15.3 Å². The van der Waals surface area contributed by atoms with Gasteiger partial charge in [0.25, 0.3) is 0 Å². The summed E-state index contributed by atoms with van der Waals surface area (Å²) in [6.45, 7) is -0.548. The van der Waals surface area contributed by atoms with Crippen LogP contribution in [0.15, 0.2) is 76.6 Å². The Morgan fingerprint density at radius 1 is 0.914 bits per heavy atom. The maximum Gasteiger partial charge on any atom is 0.355 e. The van der Waals surface area contributed by atoms with Gasteiger partial charge in [-0.15, -0.1) is 0 Å². The van der Waals surface area contributed by atoms with E-state index in [0.717, 1.165) is 10.1 Å². The van der Waals surface area contributed by atoms with Crippen molar-refractivity contribution < 1.29 is 14.9 Å². The zero-order valence-electron chi connectivity index (χ0n) is 18.5. The fourth-order valence-electron chi connectivity index (χ4n) is 3.31. The highest BCUT2D eigenvalue weighted by atomic mass is 35.5. The first-order chi connectivity index (χ1) is 17.0. The second kappa shape index (κ2) is 11.0. The van der Waals surface area contributed by atoms with Crippen LogP contribution in [-0.4, -0.2) is 35.9 Å². The molecule has 0 aliphatic rings. The molecule has 0 unspecified atom stereocenters. The summed E-state index contributed by atoms with van der Waals surface area (Å²) in [5, 5.41) is 22.1. The van der Waals surface area contributed by atoms with Gasteiger partial charge in [-0.2, -0.15) is 4.98 Å². The molecule has 10 nitrogen and oxygen atoms in total. The van der Waals surface area contributed by atoms with Crippen LogP contribution in [0.25, 0.3) is 0 Å². The van der Waals surface area contributed by atoms with Crippen molar-refractivity contribution in [2.45, 2.75) is 19.7 Å². The van der Waals surface area contributed by atoms with E-state index >= 15 is 0 Å². The highest BCUT2D eigenvalue weighted by Gasteiger charge is 2.14. The van der Waals surface area contributed by atoms with Gasteiger partial charge in [0.05, 0.1) is 32.5 Å². The number of ether oxygens (including phenoxy) is 1. The summed E-state index contributed by atoms with van der Waals surface area (Å²) in [5.41, 5.74) is 0.595. The Balaban J connectivity index is 1.61. The molecule has 4 aromatic rings. The summed E-state index contributed by atoms with van der Waals surface area (Å²) in [6.07, 6.45) is 3.08. The van der Waals surface area contributed by atoms with Gasteiger partial charge < -0.3 is 20.3 Å². The van der Waals surface area contributed by atoms with Crippen LogP contribution < -0.4 is 21.4 Å². The molecule has 0 aliphatic carbocycles. The largest absolute Gasteiger partial charge is 0.456 e. The minimum absolute atomic E-state index is 0.0534. The topological polar surface area (TPSA) is 132 Å². The average molecular weight is 496 g/mol. The average Bonchev–Trinajstić information content (AvgIpc) is 2.86. The lowest BCUT2D eigenvalue weighted by atomic mass is 10.2. The lowest BCUT2D eigenvalue weighted by Crippen LogP contribution is -2.43. The number of rotatable bonds is 9. The normalized spacial score (nSPS) is 10.8. The van der Waals surface area contributed by atoms with Crippen molar-refractivity contribution in [2.24, 2.45) is 0 Å². The maximum absolute atomic E-state index is 13.0. The standard InChI is InChI=1S/C24H22ClN5O5/c25-18-3-1-16(2-4-18)14-30-22(28-23(33)29(9-10-31)24(30)34)27-19-5-7-20(8-6-19)35-21-11-17(15-32)12-26-13-21/h1-8,11-13,31-32H,9-10,14-15H2,(H,27,28,33). The van der Waals surface area contributed by atoms with Gasteiger partial charge in [0.2, 0.25) is 5.95 Å². The van der Waals surface area contributed by atoms with Gasteiger partial charge in [0.15, 0.2) is 0 Å². The molecule has 2 heterocycles. The molecule has 0 spiro atoms. The molecule has 2 aromatic carbocycles. The minimum atomic E-state index is -0.768. The summed E-state index contributed by atoms with van der Waals surface area (Å²) in [5.74, 6) is 1.05. The second-order valence-electron chi connectivity index (χ2n) is 7.53. The van der Waals surface area contributed by atoms with Crippen LogP contribution in [0.3, 0.4) is 0 Å². The van der Waals surface area contributed by atoms with E-state index in [-0.39, 0.29) is 32.3 Å². The van der Waals surface area contributed by atoms with Crippen LogP contribution >= 0.6 is 11.6 Å². The Morgan fingerprint density at radius 3 is 2.34 bits per heavy atom. The van der Waals surface area contributed by atoms with Crippen molar-refractivity contribution in [3.63, 3.8) is 0 Å². The van der Waals surface area contributed by atoms with Crippen LogP contribution in [-0.2, 0) is 19.7 Å². The summed E-state index contributed by atoms with van der Waals surface area (Å²) < 4.78 is 7.96. The van der Waals surface area contributed by atoms with Gasteiger partial charge in [-0.05, 0) is 53.6 Å². The molecule has 0 bridgehead atoms. The van der Waals surface area contributed by atoms with E-state index in [0.29, 0.717) is 27.8 Å². The third-order valence-electron chi connectivity index (χ3n) is 5.03. The number of aliphatic hydroxyl groups is 2. The summed E-state index contributed by atoms with van der Waals surface area (Å²) >= 11 is 5.96. The van der Waals surface area contributed by atoms with Gasteiger partial charge in [-0.3, -0.25) is 9.55 Å². The van der Waals surface area contributed by atoms with E-state index < -0.39 is 11.4 Å². The molecule has 11 heteroatoms. The van der Waals surface area contributed by atoms with Crippen molar-refractivity contribution in [1.82, 2.24) is 19.1 Å². The third kappa shape index (κ3) is 5.93. The molecule has 0 saturated heterocycles. The number of hydrogen-bond donors (Lipinski definition) is 3. The zero-order valence-corrected chi connectivity index (χ0v) is 19.2. The van der Waals surface area contributed by atoms with Crippen LogP contribution in [0, 0.1) is 0 Å². The number of halogens is 1. The van der Waals surface area contributed by atoms with Crippen molar-refractivity contribution in [3.05, 3.63) is 104 Å². The number of hydrogen-bond acceptors (Lipinski definition) is 8. The molecule has 0 amide bonds. The Hall–Kier alpha value is -3.99. The molecule has 3 N–H and O–H groups in total. The van der Waals surface area contributed by atoms with Gasteiger partial charge in [0.1, 0.15) is 11.5 Å². The fourth-order valence-corrected chi connectivity index (χ4v) is 3.43. The van der Waals surface area contributed by atoms with Gasteiger partial charge in [-0.1, -0.05) is 23.7 Å². The molecule has 0 radical (unpaired) electrons. The molecule has 0 atom stereocenters. The van der Waals surface area contributed by atoms with E-state index in [1.165, 1.54) is 10.8 Å². The molecule has 35 heavy (non-hydrogen) atoms. The molecule has 4 rings (SSSR count). The Kier molecular flexibility index (Phi) is 7.56. The summed E-state index contributed by atoms with van der Waals surface area (Å²) in [7, 11) is 0. The molecule has 2 aromatic heterocycles. The van der Waals surface area contributed by atoms with E-state index in [1.807, 2.05) is 0 Å². The monoisotopic (exact) mass is 495 g/mol. The molecular weight excluding hydrogens is 474 g/mol. The van der Waals surface area contributed by atoms with Crippen LogP contribution in [0.1, 0.15) is 11.1 Å². The number of nitrogens with zero attached hydrogens (tertiary/aromatic N) is 4. The number of anilines is 2. The van der Waals surface area contributed by atoms with Crippen LogP contribution in [0.2, 0.25) is 5.02 Å². The van der Waals surface area contributed by atoms with E-state index in [1.54, 1.807) is 60.8 Å². The van der Waals surface area contributed by atoms with Crippen molar-refractivity contribution >= 4 is 23.2 Å². The van der Waals surface area contributed by atoms with Crippen molar-refractivity contribution in [2.75, 3.05) is 11.9 Å². The Labute approximate surface area is 204 Å². The third-order valence-corrected chi connectivity index (χ3v) is 5.28. The number of aliphatic hydroxyl groups excluding tert-OH is 2. The predicted octanol–water partition coefficient (Wildman–Crippen LogP) is 2.52. The fraction of sp³-hybridized carbons (Fsp3) is 0.167. The predicted molar refractivity (Wildman–Crippen MR) is 130 cm³/mol. The van der Waals surface area contributed by atoms with Gasteiger partial charge >= 0.3 is 11.4 Å². The molecule has 0 saturated carbocycles. The number of nitrogens with one attached hydrogen (secondary N) is 1. The lowest BCUT2D eigenvalue weighted by molar-refractivity contribution is 0.268. The first-order valence-electron chi connectivity index (χ1n) is 10.6. The smallest absolute Gasteiger partial charge is 0.355 e. The first-order valence-corrected chi connectivity index (χ1v) is 11.0. The van der Waals surface area contributed by atoms with Crippen molar-refractivity contribution in [3.8, 4) is 11.5 Å². The lowest BCUT2D eigenvalue weighted by Gasteiger charge is -2.15. The molecule has 0 fully saturated rings. The first kappa shape index (κ1) is 24.1. The second-order valence-corrected chi connectivity index (χ2v) is 7.96. The summed E-state index contributed by atoms with van der Waals surface area (Å²) in [4.78, 5) is 33.5. The Bertz CT molecular complexity index is 1420. The Morgan fingerprint density at radius 2 is 1.66 bits per heavy atom. The highest BCUT2D eigenvalue weighted by Crippen LogP contribution is 2.24. The van der Waals surface area contributed by atoms with Crippen LogP contribution in [0.5, 0.6) is 11.5 Å². The van der Waals surface area contributed by atoms with Gasteiger partial charge in [0, 0.05) is 16.9 Å². The maximum atomic E-state index is 13.0. The SMILES string of the molecule is O=c1nc(Nc2ccc(Oc3cncc(CO)c3)cc2)n(Cc2ccc(Cl)cc2)c(=O)n1CCO. The molecule has 180 valence electrons. The highest BCUT2D eigenvalue weighted by molar-refractivity contribution is 6.30. The number of aromatic nitrogens is 4. The van der Waals surface area contributed by atoms with Crippen LogP contribution in [0.4, 0.5) is 11.6 Å². The number of pyridine rings is 1. The minimum Gasteiger partial charge on any atom is -0.456 e. The quantitative estimate of drug-likeness (QED) is 0.323. The molecular formula is C24H22ClN5O5. The molecule has 0 aliphatic heterocycles.